The minimum absolute atomic E-state index is 0.0336. The van der Waals surface area contributed by atoms with E-state index >= 15 is 0 Å². The topological polar surface area (TPSA) is 89.5 Å². The van der Waals surface area contributed by atoms with Crippen LogP contribution in [0.25, 0.3) is 11.0 Å². The highest BCUT2D eigenvalue weighted by atomic mass is 19.3. The lowest BCUT2D eigenvalue weighted by molar-refractivity contribution is -0.130. The number of benzene rings is 1. The summed E-state index contributed by atoms with van der Waals surface area (Å²) in [4.78, 5) is 26.7. The number of anilines is 1. The fourth-order valence-electron chi connectivity index (χ4n) is 4.29. The van der Waals surface area contributed by atoms with Gasteiger partial charge in [0, 0.05) is 44.5 Å². The predicted molar refractivity (Wildman–Crippen MR) is 128 cm³/mol. The number of aryl methyl sites for hydroxylation is 1. The Hall–Kier alpha value is -3.63. The molecule has 0 spiro atoms. The summed E-state index contributed by atoms with van der Waals surface area (Å²) in [6.07, 6.45) is -1.74. The van der Waals surface area contributed by atoms with Crippen LogP contribution in [0.4, 0.5) is 19.0 Å². The molecule has 1 aliphatic rings. The normalized spacial score (nSPS) is 15.3. The number of likely N-dealkylation sites (tertiary alicyclic amines) is 1. The molecule has 11 heteroatoms. The van der Waals surface area contributed by atoms with Crippen LogP contribution in [0.2, 0.25) is 0 Å². The third-order valence-corrected chi connectivity index (χ3v) is 6.22. The first-order chi connectivity index (χ1) is 17.2. The van der Waals surface area contributed by atoms with Gasteiger partial charge in [-0.05, 0) is 13.8 Å². The fraction of sp³-hybridized carbons (Fsp3) is 0.440. The molecule has 1 amide bonds. The van der Waals surface area contributed by atoms with Gasteiger partial charge in [-0.2, -0.15) is 4.98 Å². The van der Waals surface area contributed by atoms with Gasteiger partial charge in [0.25, 0.3) is 12.3 Å². The summed E-state index contributed by atoms with van der Waals surface area (Å²) in [5.74, 6) is 0.497. The molecule has 1 fully saturated rings. The van der Waals surface area contributed by atoms with E-state index in [0.717, 1.165) is 6.07 Å². The highest BCUT2D eigenvalue weighted by molar-refractivity contribution is 5.88. The van der Waals surface area contributed by atoms with Crippen molar-refractivity contribution in [2.45, 2.75) is 52.2 Å². The van der Waals surface area contributed by atoms with Crippen LogP contribution in [0.15, 0.2) is 24.3 Å². The number of ether oxygens (including phenoxy) is 2. The molecule has 8 nitrogen and oxygen atoms in total. The molecule has 1 aromatic carbocycles. The van der Waals surface area contributed by atoms with E-state index in [0.29, 0.717) is 54.4 Å². The van der Waals surface area contributed by atoms with Gasteiger partial charge in [-0.3, -0.25) is 4.79 Å². The second-order valence-electron chi connectivity index (χ2n) is 8.73. The minimum atomic E-state index is -2.92. The monoisotopic (exact) mass is 503 g/mol. The average molecular weight is 504 g/mol. The number of halogens is 3. The number of alkyl halides is 2. The van der Waals surface area contributed by atoms with Crippen molar-refractivity contribution in [2.24, 2.45) is 0 Å². The molecule has 3 heterocycles. The average Bonchev–Trinajstić information content (AvgIpc) is 2.84. The number of nitrogens with one attached hydrogen (secondary N) is 1. The van der Waals surface area contributed by atoms with Crippen molar-refractivity contribution >= 4 is 22.8 Å². The maximum Gasteiger partial charge on any atom is 0.266 e. The number of carbonyl (C=O) groups excluding carboxylic acids is 1. The number of methoxy groups -OCH3 is 1. The first kappa shape index (κ1) is 25.5. The van der Waals surface area contributed by atoms with Crippen molar-refractivity contribution in [1.82, 2.24) is 19.9 Å². The van der Waals surface area contributed by atoms with Gasteiger partial charge in [0.2, 0.25) is 5.91 Å². The summed E-state index contributed by atoms with van der Waals surface area (Å²) in [6, 6.07) is 4.96. The van der Waals surface area contributed by atoms with Crippen LogP contribution in [0, 0.1) is 12.7 Å². The minimum Gasteiger partial charge on any atom is -0.485 e. The Morgan fingerprint density at radius 2 is 1.86 bits per heavy atom. The van der Waals surface area contributed by atoms with E-state index in [2.05, 4.69) is 20.3 Å². The molecule has 0 aliphatic carbocycles. The number of carbonyl (C=O) groups is 1. The summed E-state index contributed by atoms with van der Waals surface area (Å²) in [5.41, 5.74) is -0.218. The maximum atomic E-state index is 14.7. The van der Waals surface area contributed by atoms with E-state index in [1.807, 2.05) is 0 Å². The SMILES string of the molecule is COc1nc2nc(C)nc(N[C@H](C)c3cccc(C(F)F)c3F)c2cc1OC1CCN(C(C)=O)CC1. The first-order valence-corrected chi connectivity index (χ1v) is 11.7. The zero-order valence-corrected chi connectivity index (χ0v) is 20.5. The number of aromatic nitrogens is 3. The number of fused-ring (bicyclic) bond motifs is 1. The Morgan fingerprint density at radius 3 is 2.50 bits per heavy atom. The molecule has 3 aromatic rings. The third-order valence-electron chi connectivity index (χ3n) is 6.22. The molecule has 1 saturated heterocycles. The highest BCUT2D eigenvalue weighted by Gasteiger charge is 2.25. The molecule has 192 valence electrons. The van der Waals surface area contributed by atoms with Gasteiger partial charge in [0.05, 0.1) is 24.1 Å². The van der Waals surface area contributed by atoms with Gasteiger partial charge in [0.1, 0.15) is 23.6 Å². The number of pyridine rings is 1. The van der Waals surface area contributed by atoms with Crippen LogP contribution in [0.3, 0.4) is 0 Å². The molecule has 1 N–H and O–H groups in total. The lowest BCUT2D eigenvalue weighted by Crippen LogP contribution is -2.40. The van der Waals surface area contributed by atoms with E-state index in [-0.39, 0.29) is 23.5 Å². The van der Waals surface area contributed by atoms with Gasteiger partial charge < -0.3 is 19.7 Å². The number of piperidine rings is 1. The van der Waals surface area contributed by atoms with Crippen LogP contribution < -0.4 is 14.8 Å². The Kier molecular flexibility index (Phi) is 7.46. The molecule has 0 saturated carbocycles. The Labute approximate surface area is 206 Å². The Balaban J connectivity index is 1.65. The van der Waals surface area contributed by atoms with Crippen LogP contribution in [-0.4, -0.2) is 52.1 Å². The van der Waals surface area contributed by atoms with E-state index in [1.54, 1.807) is 31.7 Å². The summed E-state index contributed by atoms with van der Waals surface area (Å²) in [5, 5.41) is 3.63. The summed E-state index contributed by atoms with van der Waals surface area (Å²) in [7, 11) is 1.48. The zero-order chi connectivity index (χ0) is 26.0. The fourth-order valence-corrected chi connectivity index (χ4v) is 4.29. The standard InChI is InChI=1S/C25H28F3N5O3/c1-13(17-6-5-7-18(21(17)26)22(27)28)29-23-19-12-20(25(35-4)32-24(19)31-14(2)30-23)36-16-8-10-33(11-9-16)15(3)34/h5-7,12-13,16,22H,8-11H2,1-4H3,(H,29,30,31,32)/t13-/m1/s1. The molecule has 0 bridgehead atoms. The quantitative estimate of drug-likeness (QED) is 0.486. The number of hydrogen-bond donors (Lipinski definition) is 1. The number of nitrogens with zero attached hydrogens (tertiary/aromatic N) is 4. The smallest absolute Gasteiger partial charge is 0.266 e. The largest absolute Gasteiger partial charge is 0.485 e. The Bertz CT molecular complexity index is 1270. The van der Waals surface area contributed by atoms with Gasteiger partial charge in [-0.25, -0.2) is 23.1 Å². The molecule has 1 aliphatic heterocycles. The van der Waals surface area contributed by atoms with Crippen molar-refractivity contribution in [2.75, 3.05) is 25.5 Å². The second-order valence-corrected chi connectivity index (χ2v) is 8.73. The molecule has 36 heavy (non-hydrogen) atoms. The molecular weight excluding hydrogens is 475 g/mol. The molecular formula is C25H28F3N5O3. The van der Waals surface area contributed by atoms with E-state index in [1.165, 1.54) is 19.2 Å². The van der Waals surface area contributed by atoms with Crippen molar-refractivity contribution in [1.29, 1.82) is 0 Å². The molecule has 2 aromatic heterocycles. The van der Waals surface area contributed by atoms with Gasteiger partial charge in [0.15, 0.2) is 11.4 Å². The Morgan fingerprint density at radius 1 is 1.17 bits per heavy atom. The lowest BCUT2D eigenvalue weighted by atomic mass is 10.0. The molecule has 0 unspecified atom stereocenters. The van der Waals surface area contributed by atoms with Crippen molar-refractivity contribution in [3.05, 3.63) is 47.0 Å². The van der Waals surface area contributed by atoms with Crippen molar-refractivity contribution < 1.29 is 27.4 Å². The number of hydrogen-bond acceptors (Lipinski definition) is 7. The predicted octanol–water partition coefficient (Wildman–Crippen LogP) is 4.98. The van der Waals surface area contributed by atoms with Gasteiger partial charge in [-0.15, -0.1) is 0 Å². The lowest BCUT2D eigenvalue weighted by Gasteiger charge is -2.31. The zero-order valence-electron chi connectivity index (χ0n) is 20.5. The van der Waals surface area contributed by atoms with Crippen molar-refractivity contribution in [3.63, 3.8) is 0 Å². The second kappa shape index (κ2) is 10.5. The molecule has 0 radical (unpaired) electrons. The summed E-state index contributed by atoms with van der Waals surface area (Å²) in [6.45, 7) is 6.09. The number of amides is 1. The first-order valence-electron chi connectivity index (χ1n) is 11.7. The van der Waals surface area contributed by atoms with Crippen LogP contribution in [-0.2, 0) is 4.79 Å². The van der Waals surface area contributed by atoms with Crippen molar-refractivity contribution in [3.8, 4) is 11.6 Å². The molecule has 4 rings (SSSR count). The summed E-state index contributed by atoms with van der Waals surface area (Å²) < 4.78 is 52.8. The van der Waals surface area contributed by atoms with Gasteiger partial charge >= 0.3 is 0 Å². The third kappa shape index (κ3) is 5.29. The number of rotatable bonds is 7. The van der Waals surface area contributed by atoms with E-state index < -0.39 is 23.8 Å². The summed E-state index contributed by atoms with van der Waals surface area (Å²) >= 11 is 0. The van der Waals surface area contributed by atoms with Crippen LogP contribution >= 0.6 is 0 Å². The van der Waals surface area contributed by atoms with Crippen LogP contribution in [0.1, 0.15) is 56.1 Å². The van der Waals surface area contributed by atoms with Gasteiger partial charge in [-0.1, -0.05) is 18.2 Å². The van der Waals surface area contributed by atoms with E-state index in [9.17, 15) is 18.0 Å². The maximum absolute atomic E-state index is 14.7. The highest BCUT2D eigenvalue weighted by Crippen LogP contribution is 2.35. The molecule has 1 atom stereocenters. The van der Waals surface area contributed by atoms with Crippen LogP contribution in [0.5, 0.6) is 11.6 Å². The van der Waals surface area contributed by atoms with E-state index in [4.69, 9.17) is 9.47 Å².